The molecule has 0 saturated heterocycles. The summed E-state index contributed by atoms with van der Waals surface area (Å²) in [6.07, 6.45) is 0.908. The van der Waals surface area contributed by atoms with E-state index in [2.05, 4.69) is 64.6 Å². The lowest BCUT2D eigenvalue weighted by atomic mass is 10.1. The van der Waals surface area contributed by atoms with Gasteiger partial charge in [0, 0.05) is 28.4 Å². The van der Waals surface area contributed by atoms with Crippen LogP contribution < -0.4 is 5.32 Å². The molecule has 2 aromatic heterocycles. The molecule has 0 aliphatic rings. The van der Waals surface area contributed by atoms with Crippen LogP contribution in [0.3, 0.4) is 0 Å². The van der Waals surface area contributed by atoms with E-state index in [1.165, 1.54) is 14.0 Å². The van der Waals surface area contributed by atoms with E-state index in [0.717, 1.165) is 24.2 Å². The summed E-state index contributed by atoms with van der Waals surface area (Å²) in [7, 11) is 0. The predicted octanol–water partition coefficient (Wildman–Crippen LogP) is 4.95. The molecule has 1 unspecified atom stereocenters. The zero-order chi connectivity index (χ0) is 14.7. The van der Waals surface area contributed by atoms with Crippen LogP contribution in [0, 0.1) is 0 Å². The molecule has 0 amide bonds. The third-order valence-corrected chi connectivity index (χ3v) is 5.19. The van der Waals surface area contributed by atoms with Crippen molar-refractivity contribution in [1.29, 1.82) is 0 Å². The summed E-state index contributed by atoms with van der Waals surface area (Å²) in [5, 5.41) is 4.75. The minimum absolute atomic E-state index is 0.319. The number of hydrogen-bond acceptors (Lipinski definition) is 3. The van der Waals surface area contributed by atoms with Crippen molar-refractivity contribution in [2.24, 2.45) is 0 Å². The summed E-state index contributed by atoms with van der Waals surface area (Å²) in [4.78, 5) is 6.13. The maximum Gasteiger partial charge on any atom is 0.0705 e. The number of nitrogens with zero attached hydrogens (tertiary/aromatic N) is 1. The van der Waals surface area contributed by atoms with Crippen LogP contribution in [0.25, 0.3) is 10.9 Å². The average molecular weight is 361 g/mol. The number of benzene rings is 1. The van der Waals surface area contributed by atoms with Crippen LogP contribution in [0.5, 0.6) is 0 Å². The van der Waals surface area contributed by atoms with Crippen LogP contribution in [0.2, 0.25) is 0 Å². The van der Waals surface area contributed by atoms with Gasteiger partial charge in [-0.1, -0.05) is 31.2 Å². The number of nitrogens with one attached hydrogen (secondary N) is 1. The molecule has 2 heterocycles. The van der Waals surface area contributed by atoms with E-state index in [9.17, 15) is 0 Å². The van der Waals surface area contributed by atoms with Crippen LogP contribution in [-0.2, 0) is 6.42 Å². The molecule has 3 rings (SSSR count). The first-order chi connectivity index (χ1) is 10.3. The minimum Gasteiger partial charge on any atom is -0.309 e. The van der Waals surface area contributed by atoms with E-state index >= 15 is 0 Å². The van der Waals surface area contributed by atoms with Gasteiger partial charge in [-0.3, -0.25) is 4.98 Å². The van der Waals surface area contributed by atoms with E-state index < -0.39 is 0 Å². The van der Waals surface area contributed by atoms with E-state index in [1.54, 1.807) is 11.3 Å². The summed E-state index contributed by atoms with van der Waals surface area (Å²) in [6, 6.07) is 17.2. The number of halogens is 1. The van der Waals surface area contributed by atoms with Crippen LogP contribution in [0.4, 0.5) is 0 Å². The number of fused-ring (bicyclic) bond motifs is 1. The van der Waals surface area contributed by atoms with Gasteiger partial charge in [0.1, 0.15) is 0 Å². The predicted molar refractivity (Wildman–Crippen MR) is 93.9 cm³/mol. The number of thiophene rings is 1. The summed E-state index contributed by atoms with van der Waals surface area (Å²) in [6.45, 7) is 3.09. The average Bonchev–Trinajstić information content (AvgIpc) is 2.93. The fraction of sp³-hybridized carbons (Fsp3) is 0.235. The van der Waals surface area contributed by atoms with Crippen molar-refractivity contribution in [3.8, 4) is 0 Å². The monoisotopic (exact) mass is 360 g/mol. The first-order valence-corrected chi connectivity index (χ1v) is 8.70. The molecule has 0 spiro atoms. The molecule has 0 saturated carbocycles. The molecule has 1 aromatic carbocycles. The normalized spacial score (nSPS) is 12.7. The Bertz CT molecular complexity index is 738. The molecule has 0 aliphatic heterocycles. The molecule has 0 aliphatic carbocycles. The smallest absolute Gasteiger partial charge is 0.0705 e. The lowest BCUT2D eigenvalue weighted by Gasteiger charge is -2.16. The highest BCUT2D eigenvalue weighted by molar-refractivity contribution is 9.11. The van der Waals surface area contributed by atoms with Gasteiger partial charge in [-0.05, 0) is 46.7 Å². The fourth-order valence-electron chi connectivity index (χ4n) is 2.47. The van der Waals surface area contributed by atoms with Gasteiger partial charge in [-0.25, -0.2) is 0 Å². The Hall–Kier alpha value is -1.23. The van der Waals surface area contributed by atoms with E-state index in [0.29, 0.717) is 6.04 Å². The Balaban J connectivity index is 1.86. The van der Waals surface area contributed by atoms with Gasteiger partial charge >= 0.3 is 0 Å². The number of rotatable bonds is 5. The largest absolute Gasteiger partial charge is 0.309 e. The molecule has 0 bridgehead atoms. The highest BCUT2D eigenvalue weighted by Gasteiger charge is 2.14. The Labute approximate surface area is 137 Å². The maximum absolute atomic E-state index is 4.78. The van der Waals surface area contributed by atoms with Gasteiger partial charge in [-0.15, -0.1) is 11.3 Å². The van der Waals surface area contributed by atoms with Gasteiger partial charge in [0.2, 0.25) is 0 Å². The maximum atomic E-state index is 4.78. The van der Waals surface area contributed by atoms with Crippen molar-refractivity contribution in [2.45, 2.75) is 19.4 Å². The van der Waals surface area contributed by atoms with Crippen molar-refractivity contribution in [3.05, 3.63) is 62.9 Å². The van der Waals surface area contributed by atoms with Gasteiger partial charge in [-0.2, -0.15) is 0 Å². The first-order valence-electron chi connectivity index (χ1n) is 7.09. The van der Waals surface area contributed by atoms with Crippen LogP contribution in [0.15, 0.2) is 52.3 Å². The van der Waals surface area contributed by atoms with Crippen molar-refractivity contribution < 1.29 is 0 Å². The topological polar surface area (TPSA) is 24.9 Å². The molecule has 1 atom stereocenters. The molecule has 3 aromatic rings. The molecule has 21 heavy (non-hydrogen) atoms. The Kier molecular flexibility index (Phi) is 4.68. The highest BCUT2D eigenvalue weighted by Crippen LogP contribution is 2.29. The second-order valence-electron chi connectivity index (χ2n) is 4.95. The lowest BCUT2D eigenvalue weighted by Crippen LogP contribution is -2.22. The van der Waals surface area contributed by atoms with E-state index in [4.69, 9.17) is 4.98 Å². The third kappa shape index (κ3) is 3.51. The number of aromatic nitrogens is 1. The summed E-state index contributed by atoms with van der Waals surface area (Å²) >= 11 is 5.33. The van der Waals surface area contributed by atoms with Crippen LogP contribution in [0.1, 0.15) is 23.5 Å². The fourth-order valence-corrected chi connectivity index (χ4v) is 3.97. The number of para-hydroxylation sites is 1. The summed E-state index contributed by atoms with van der Waals surface area (Å²) < 4.78 is 1.17. The second-order valence-corrected chi connectivity index (χ2v) is 7.45. The molecular formula is C17H17BrN2S. The zero-order valence-corrected chi connectivity index (χ0v) is 14.2. The SMILES string of the molecule is CCNC(Cc1ccc2ccccc2n1)c1ccc(Br)s1. The van der Waals surface area contributed by atoms with Crippen molar-refractivity contribution >= 4 is 38.2 Å². The second kappa shape index (κ2) is 6.69. The van der Waals surface area contributed by atoms with Crippen LogP contribution >= 0.6 is 27.3 Å². The summed E-state index contributed by atoms with van der Waals surface area (Å²) in [5.74, 6) is 0. The molecule has 0 fully saturated rings. The molecular weight excluding hydrogens is 344 g/mol. The molecule has 4 heteroatoms. The van der Waals surface area contributed by atoms with Gasteiger partial charge in [0.05, 0.1) is 9.30 Å². The number of likely N-dealkylation sites (N-methyl/N-ethyl adjacent to an activating group) is 1. The molecule has 108 valence electrons. The Morgan fingerprint density at radius 2 is 2.00 bits per heavy atom. The Morgan fingerprint density at radius 1 is 1.14 bits per heavy atom. The van der Waals surface area contributed by atoms with Crippen molar-refractivity contribution in [3.63, 3.8) is 0 Å². The Morgan fingerprint density at radius 3 is 2.76 bits per heavy atom. The van der Waals surface area contributed by atoms with E-state index in [1.807, 2.05) is 12.1 Å². The zero-order valence-electron chi connectivity index (χ0n) is 11.8. The number of hydrogen-bond donors (Lipinski definition) is 1. The highest BCUT2D eigenvalue weighted by atomic mass is 79.9. The summed E-state index contributed by atoms with van der Waals surface area (Å²) in [5.41, 5.74) is 2.20. The van der Waals surface area contributed by atoms with Crippen LogP contribution in [-0.4, -0.2) is 11.5 Å². The van der Waals surface area contributed by atoms with Crippen molar-refractivity contribution in [2.75, 3.05) is 6.54 Å². The van der Waals surface area contributed by atoms with Gasteiger partial charge in [0.15, 0.2) is 0 Å². The van der Waals surface area contributed by atoms with Crippen molar-refractivity contribution in [1.82, 2.24) is 10.3 Å². The molecule has 1 N–H and O–H groups in total. The standard InChI is InChI=1S/C17H17BrN2S/c1-2-19-15(16-9-10-17(18)21-16)11-13-8-7-12-5-3-4-6-14(12)20-13/h3-10,15,19H,2,11H2,1H3. The first kappa shape index (κ1) is 14.7. The quantitative estimate of drug-likeness (QED) is 0.695. The van der Waals surface area contributed by atoms with Gasteiger partial charge in [0.25, 0.3) is 0 Å². The van der Waals surface area contributed by atoms with E-state index in [-0.39, 0.29) is 0 Å². The minimum atomic E-state index is 0.319. The third-order valence-electron chi connectivity index (χ3n) is 3.46. The van der Waals surface area contributed by atoms with Gasteiger partial charge < -0.3 is 5.32 Å². The molecule has 0 radical (unpaired) electrons. The lowest BCUT2D eigenvalue weighted by molar-refractivity contribution is 0.553. The molecule has 2 nitrogen and oxygen atoms in total. The number of pyridine rings is 1.